The van der Waals surface area contributed by atoms with Gasteiger partial charge in [0.25, 0.3) is 6.02 Å². The summed E-state index contributed by atoms with van der Waals surface area (Å²) in [7, 11) is 2.94. The summed E-state index contributed by atoms with van der Waals surface area (Å²) in [6, 6.07) is 3.70. The van der Waals surface area contributed by atoms with E-state index in [1.165, 1.54) is 7.11 Å². The molecule has 0 aliphatic heterocycles. The van der Waals surface area contributed by atoms with E-state index in [1.54, 1.807) is 7.11 Å². The molecule has 0 atom stereocenters. The Labute approximate surface area is 136 Å². The number of nitrogens with zero attached hydrogens (tertiary/aromatic N) is 1. The van der Waals surface area contributed by atoms with Crippen molar-refractivity contribution >= 4 is 28.0 Å². The maximum Gasteiger partial charge on any atom is 0.452 e. The Bertz CT molecular complexity index is 552. The van der Waals surface area contributed by atoms with Crippen molar-refractivity contribution in [2.45, 2.75) is 19.8 Å². The van der Waals surface area contributed by atoms with Crippen molar-refractivity contribution in [3.05, 3.63) is 27.7 Å². The maximum absolute atomic E-state index is 11.7. The average molecular weight is 377 g/mol. The first-order chi connectivity index (χ1) is 10.6. The number of carbonyl (C=O) groups excluding carboxylic acids is 1. The highest BCUT2D eigenvalue weighted by atomic mass is 79.9. The third-order valence-electron chi connectivity index (χ3n) is 2.99. The van der Waals surface area contributed by atoms with Crippen molar-refractivity contribution in [1.29, 1.82) is 0 Å². The number of hydrogen-bond donors (Lipinski definition) is 1. The molecule has 122 valence electrons. The van der Waals surface area contributed by atoms with Crippen molar-refractivity contribution in [1.82, 2.24) is 5.32 Å². The molecule has 0 radical (unpaired) electrons. The SMILES string of the molecule is CCc1c(OC)ccc(Br)c1CCN=C(NC(=O)OF)OC. The molecule has 1 aromatic rings. The molecule has 0 aliphatic carbocycles. The molecule has 0 spiro atoms. The predicted octanol–water partition coefficient (Wildman–Crippen LogP) is 3.18. The van der Waals surface area contributed by atoms with Crippen LogP contribution in [0.5, 0.6) is 5.75 Å². The van der Waals surface area contributed by atoms with E-state index in [-0.39, 0.29) is 6.02 Å². The molecule has 0 aliphatic rings. The molecular formula is C14H18BrFN2O4. The lowest BCUT2D eigenvalue weighted by molar-refractivity contribution is -0.0605. The van der Waals surface area contributed by atoms with Crippen LogP contribution in [0.1, 0.15) is 18.1 Å². The van der Waals surface area contributed by atoms with Gasteiger partial charge in [-0.1, -0.05) is 22.9 Å². The summed E-state index contributed by atoms with van der Waals surface area (Å²) in [6.07, 6.45) is 0.128. The number of amidine groups is 1. The lowest BCUT2D eigenvalue weighted by Crippen LogP contribution is -2.31. The van der Waals surface area contributed by atoms with Crippen LogP contribution in [0.15, 0.2) is 21.6 Å². The van der Waals surface area contributed by atoms with Gasteiger partial charge in [-0.15, -0.1) is 0 Å². The fraction of sp³-hybridized carbons (Fsp3) is 0.429. The molecule has 0 heterocycles. The zero-order valence-corrected chi connectivity index (χ0v) is 14.2. The minimum Gasteiger partial charge on any atom is -0.496 e. The van der Waals surface area contributed by atoms with Gasteiger partial charge in [-0.05, 0) is 36.1 Å². The van der Waals surface area contributed by atoms with Crippen molar-refractivity contribution in [3.8, 4) is 5.75 Å². The summed E-state index contributed by atoms with van der Waals surface area (Å²) in [6.45, 7) is 2.38. The Morgan fingerprint density at radius 3 is 2.64 bits per heavy atom. The van der Waals surface area contributed by atoms with Crippen LogP contribution in [0.2, 0.25) is 0 Å². The highest BCUT2D eigenvalue weighted by Gasteiger charge is 2.12. The van der Waals surface area contributed by atoms with Gasteiger partial charge < -0.3 is 9.47 Å². The Balaban J connectivity index is 2.85. The molecule has 1 amide bonds. The fourth-order valence-electron chi connectivity index (χ4n) is 2.02. The summed E-state index contributed by atoms with van der Waals surface area (Å²) < 4.78 is 22.8. The van der Waals surface area contributed by atoms with Gasteiger partial charge in [0.1, 0.15) is 5.75 Å². The molecule has 6 nitrogen and oxygen atoms in total. The molecule has 0 bridgehead atoms. The van der Waals surface area contributed by atoms with Gasteiger partial charge in [0.15, 0.2) is 0 Å². The van der Waals surface area contributed by atoms with Crippen molar-refractivity contribution < 1.29 is 23.7 Å². The van der Waals surface area contributed by atoms with Crippen LogP contribution in [0.25, 0.3) is 0 Å². The third kappa shape index (κ3) is 4.87. The largest absolute Gasteiger partial charge is 0.496 e. The number of rotatable bonds is 5. The van der Waals surface area contributed by atoms with Crippen molar-refractivity contribution in [3.63, 3.8) is 0 Å². The van der Waals surface area contributed by atoms with E-state index in [2.05, 4.69) is 25.9 Å². The van der Waals surface area contributed by atoms with Gasteiger partial charge >= 0.3 is 6.09 Å². The van der Waals surface area contributed by atoms with Gasteiger partial charge in [-0.2, -0.15) is 0 Å². The standard InChI is InChI=1S/C14H18BrFN2O4/c1-4-9-10(11(15)5-6-12(9)20-2)7-8-17-13(21-3)18-14(19)22-16/h5-6H,4,7-8H2,1-3H3,(H,17,18,19). The molecular weight excluding hydrogens is 359 g/mol. The van der Waals surface area contributed by atoms with Gasteiger partial charge in [0.2, 0.25) is 0 Å². The molecule has 0 aromatic heterocycles. The van der Waals surface area contributed by atoms with Crippen molar-refractivity contribution in [2.24, 2.45) is 4.99 Å². The first kappa shape index (κ1) is 18.2. The zero-order valence-electron chi connectivity index (χ0n) is 12.6. The summed E-state index contributed by atoms with van der Waals surface area (Å²) >= 11 is 3.51. The quantitative estimate of drug-likeness (QED) is 0.632. The van der Waals surface area contributed by atoms with E-state index >= 15 is 0 Å². The Morgan fingerprint density at radius 1 is 1.36 bits per heavy atom. The molecule has 1 aromatic carbocycles. The van der Waals surface area contributed by atoms with E-state index in [0.29, 0.717) is 13.0 Å². The Kier molecular flexibility index (Phi) is 7.65. The average Bonchev–Trinajstić information content (AvgIpc) is 2.54. The third-order valence-corrected chi connectivity index (χ3v) is 3.74. The summed E-state index contributed by atoms with van der Waals surface area (Å²) in [5.74, 6) is 0.816. The fourth-order valence-corrected chi connectivity index (χ4v) is 2.59. The van der Waals surface area contributed by atoms with Crippen LogP contribution in [-0.4, -0.2) is 32.9 Å². The molecule has 1 N–H and O–H groups in total. The number of nitrogens with one attached hydrogen (secondary N) is 1. The van der Waals surface area contributed by atoms with E-state index < -0.39 is 6.09 Å². The first-order valence-electron chi connectivity index (χ1n) is 6.59. The highest BCUT2D eigenvalue weighted by Crippen LogP contribution is 2.29. The molecule has 0 saturated carbocycles. The summed E-state index contributed by atoms with van der Waals surface area (Å²) in [5, 5.41) is 2.02. The van der Waals surface area contributed by atoms with E-state index in [9.17, 15) is 9.32 Å². The Hall–Kier alpha value is -1.83. The molecule has 0 saturated heterocycles. The monoisotopic (exact) mass is 376 g/mol. The second-order valence-electron chi connectivity index (χ2n) is 4.19. The lowest BCUT2D eigenvalue weighted by atomic mass is 10.0. The van der Waals surface area contributed by atoms with Crippen LogP contribution < -0.4 is 10.1 Å². The van der Waals surface area contributed by atoms with Crippen LogP contribution in [0.3, 0.4) is 0 Å². The molecule has 0 fully saturated rings. The smallest absolute Gasteiger partial charge is 0.452 e. The van der Waals surface area contributed by atoms with Crippen LogP contribution in [0.4, 0.5) is 9.32 Å². The van der Waals surface area contributed by atoms with Crippen LogP contribution in [0, 0.1) is 0 Å². The van der Waals surface area contributed by atoms with Gasteiger partial charge in [0, 0.05) is 15.5 Å². The molecule has 8 heteroatoms. The second kappa shape index (κ2) is 9.24. The minimum atomic E-state index is -1.28. The number of ether oxygens (including phenoxy) is 2. The van der Waals surface area contributed by atoms with Crippen LogP contribution in [-0.2, 0) is 22.5 Å². The number of benzene rings is 1. The number of methoxy groups -OCH3 is 2. The second-order valence-corrected chi connectivity index (χ2v) is 5.05. The number of halogens is 2. The molecule has 22 heavy (non-hydrogen) atoms. The van der Waals surface area contributed by atoms with Gasteiger partial charge in [-0.3, -0.25) is 0 Å². The number of amides is 1. The zero-order chi connectivity index (χ0) is 16.5. The minimum absolute atomic E-state index is 0.111. The Morgan fingerprint density at radius 2 is 2.09 bits per heavy atom. The van der Waals surface area contributed by atoms with E-state index in [0.717, 1.165) is 27.8 Å². The van der Waals surface area contributed by atoms with Crippen LogP contribution >= 0.6 is 15.9 Å². The summed E-state index contributed by atoms with van der Waals surface area (Å²) in [5.41, 5.74) is 2.15. The number of aliphatic imine (C=N–C) groups is 1. The number of carbonyl (C=O) groups is 1. The van der Waals surface area contributed by atoms with E-state index in [1.807, 2.05) is 24.4 Å². The van der Waals surface area contributed by atoms with Crippen molar-refractivity contribution in [2.75, 3.05) is 20.8 Å². The summed E-state index contributed by atoms with van der Waals surface area (Å²) in [4.78, 5) is 17.8. The first-order valence-corrected chi connectivity index (χ1v) is 7.38. The highest BCUT2D eigenvalue weighted by molar-refractivity contribution is 9.10. The number of hydrogen-bond acceptors (Lipinski definition) is 5. The van der Waals surface area contributed by atoms with Gasteiger partial charge in [0.05, 0.1) is 14.2 Å². The maximum atomic E-state index is 11.7. The lowest BCUT2D eigenvalue weighted by Gasteiger charge is -2.14. The topological polar surface area (TPSA) is 69.2 Å². The molecule has 0 unspecified atom stereocenters. The predicted molar refractivity (Wildman–Crippen MR) is 83.8 cm³/mol. The van der Waals surface area contributed by atoms with E-state index in [4.69, 9.17) is 9.47 Å². The molecule has 1 rings (SSSR count). The normalized spacial score (nSPS) is 11.0. The van der Waals surface area contributed by atoms with Gasteiger partial charge in [-0.25, -0.2) is 20.0 Å².